The van der Waals surface area contributed by atoms with E-state index >= 15 is 0 Å². The number of rotatable bonds is 27. The van der Waals surface area contributed by atoms with Crippen molar-refractivity contribution in [3.05, 3.63) is 267 Å². The number of thiazole rings is 2. The van der Waals surface area contributed by atoms with Crippen LogP contribution in [0.3, 0.4) is 0 Å². The van der Waals surface area contributed by atoms with E-state index in [1.54, 1.807) is 130 Å². The second kappa shape index (κ2) is 42.8. The molecule has 4 aromatic heterocycles. The Balaban J connectivity index is 0.000000201. The number of nitrogens with zero attached hydrogens (tertiary/aromatic N) is 13. The van der Waals surface area contributed by atoms with Crippen LogP contribution < -0.4 is 58.0 Å². The van der Waals surface area contributed by atoms with Crippen LogP contribution >= 0.6 is 69.0 Å². The maximum atomic E-state index is 13.2. The van der Waals surface area contributed by atoms with Crippen LogP contribution in [0.1, 0.15) is 71.3 Å². The highest BCUT2D eigenvalue weighted by molar-refractivity contribution is 7.93. The van der Waals surface area contributed by atoms with Gasteiger partial charge in [0.05, 0.1) is 67.1 Å². The van der Waals surface area contributed by atoms with E-state index in [0.717, 1.165) is 70.4 Å². The molecule has 44 heteroatoms. The quantitative estimate of drug-likeness (QED) is 0.0319. The summed E-state index contributed by atoms with van der Waals surface area (Å²) in [4.78, 5) is 82.4. The summed E-state index contributed by atoms with van der Waals surface area (Å²) in [7, 11) is -11.7. The van der Waals surface area contributed by atoms with Gasteiger partial charge in [-0.2, -0.15) is 9.64 Å². The highest BCUT2D eigenvalue weighted by Crippen LogP contribution is 2.38. The largest absolute Gasteiger partial charge is 0.497 e. The van der Waals surface area contributed by atoms with Gasteiger partial charge < -0.3 is 48.9 Å². The molecule has 5 aliphatic heterocycles. The summed E-state index contributed by atoms with van der Waals surface area (Å²) in [5.41, 5.74) is 7.27. The molecule has 4 saturated heterocycles. The van der Waals surface area contributed by atoms with Gasteiger partial charge in [-0.3, -0.25) is 33.3 Å². The van der Waals surface area contributed by atoms with Crippen molar-refractivity contribution >= 4 is 177 Å². The highest BCUT2D eigenvalue weighted by atomic mass is 35.5. The van der Waals surface area contributed by atoms with Crippen molar-refractivity contribution in [1.29, 1.82) is 5.26 Å². The Kier molecular flexibility index (Phi) is 31.0. The van der Waals surface area contributed by atoms with Crippen LogP contribution in [0, 0.1) is 17.1 Å². The van der Waals surface area contributed by atoms with E-state index in [2.05, 4.69) is 69.4 Å². The molecule has 2 atom stereocenters. The van der Waals surface area contributed by atoms with Crippen molar-refractivity contribution in [2.75, 3.05) is 125 Å². The lowest BCUT2D eigenvalue weighted by Gasteiger charge is -2.36. The number of piperidine rings is 1. The summed E-state index contributed by atoms with van der Waals surface area (Å²) in [6, 6.07) is 49.2. The number of anilines is 8. The Morgan fingerprint density at radius 2 is 1.14 bits per heavy atom. The lowest BCUT2D eigenvalue weighted by molar-refractivity contribution is -0.134. The number of nitriles is 1. The van der Waals surface area contributed by atoms with E-state index in [9.17, 15) is 62.5 Å². The third kappa shape index (κ3) is 23.8. The number of amides is 4. The van der Waals surface area contributed by atoms with Crippen molar-refractivity contribution < 1.29 is 78.6 Å². The van der Waals surface area contributed by atoms with Gasteiger partial charge in [0.25, 0.3) is 51.9 Å². The molecule has 0 bridgehead atoms. The second-order valence-electron chi connectivity index (χ2n) is 29.8. The fourth-order valence-electron chi connectivity index (χ4n) is 15.1. The van der Waals surface area contributed by atoms with Crippen LogP contribution in [-0.4, -0.2) is 195 Å². The van der Waals surface area contributed by atoms with Gasteiger partial charge in [-0.05, 0) is 213 Å². The minimum Gasteiger partial charge on any atom is -0.497 e. The summed E-state index contributed by atoms with van der Waals surface area (Å²) in [6.45, 7) is 5.66. The fraction of sp³-hybridized carbons (Fsp3) is 0.253. The number of hydrogen-bond acceptors (Lipinski definition) is 28. The zero-order chi connectivity index (χ0) is 92.6. The van der Waals surface area contributed by atoms with Crippen LogP contribution in [0.5, 0.6) is 17.2 Å². The lowest BCUT2D eigenvalue weighted by atomic mass is 9.89. The first-order valence-electron chi connectivity index (χ1n) is 40.6. The summed E-state index contributed by atoms with van der Waals surface area (Å²) >= 11 is 21.2. The number of benzene rings is 8. The monoisotopic (exact) mass is 1980 g/mol. The van der Waals surface area contributed by atoms with E-state index < -0.39 is 45.9 Å². The molecule has 4 amide bonds. The molecule has 1 unspecified atom stereocenters. The molecule has 4 fully saturated rings. The average Bonchev–Trinajstić information content (AvgIpc) is 1.62. The van der Waals surface area contributed by atoms with Crippen molar-refractivity contribution in [2.24, 2.45) is 0 Å². The molecule has 131 heavy (non-hydrogen) atoms. The third-order valence-electron chi connectivity index (χ3n) is 21.8. The second-order valence-corrected chi connectivity index (χ2v) is 40.3. The molecule has 9 heterocycles. The average molecular weight is 1980 g/mol. The predicted molar refractivity (Wildman–Crippen MR) is 511 cm³/mol. The molecule has 5 aliphatic rings. The van der Waals surface area contributed by atoms with Gasteiger partial charge >= 0.3 is 0 Å². The maximum absolute atomic E-state index is 13.2. The molecule has 0 spiro atoms. The number of halogens is 4. The van der Waals surface area contributed by atoms with E-state index in [-0.39, 0.29) is 91.1 Å². The number of sulfonamides is 4. The molecule has 0 saturated carbocycles. The van der Waals surface area contributed by atoms with Crippen LogP contribution in [0.15, 0.2) is 237 Å². The number of ether oxygens (including phenoxy) is 3. The number of carbonyl (C=O) groups excluding carboxylic acids is 4. The van der Waals surface area contributed by atoms with Crippen LogP contribution in [0.2, 0.25) is 15.1 Å². The summed E-state index contributed by atoms with van der Waals surface area (Å²) < 4.78 is 143. The van der Waals surface area contributed by atoms with E-state index in [4.69, 9.17) is 49.0 Å². The minimum absolute atomic E-state index is 0. The standard InChI is InChI=1S/C23H26N4O5S2.C22H19N5O3S2.C21H19Cl2N5O3S.C21H20ClFN4O4S2.5H2/c1-31-18-5-8-21(32-2)16(15-18)9-11-24-20-10-13-27(22(20)28)17-3-6-19(7-4-17)34(29,30)26-23-25-12-14-33-23;23-14-15-2-1-3-19-18(15)8-11-27(19)20-9-12-26(21(20)28)16-4-6-17(7-5-16)32(29,30)25-22-24-10-13-31-22;22-15-2-7-18(19(23)14-15)20(29)28-12-10-27(11-13-28)16-3-5-17(6-4-16)32(30,31)26-21-24-8-1-9-25-21;22-18-11-16(3-6-19(18)23)31-12-20(28)27-9-7-15(8-10-27)14-1-4-17(5-2-14)33(29,30)26-21-24-13-25-32-21;;;;;/h3-8,12,14-15,20,24H,9-11,13H2,1-2H3,(H,25,26);1-7,10,13,20H,8-9,11-12H2,(H,24,25);1-9,14H,10-13H2,(H,24,25,26);1-6,11,13,15H,7-10,12H2,(H,24,25,26);5*1H/t;20-;;;;;;;/m.1......./s1. The number of aromatic nitrogens is 6. The Bertz CT molecular complexity index is 6590. The van der Waals surface area contributed by atoms with Crippen LogP contribution in [0.4, 0.5) is 48.5 Å². The number of piperazine rings is 1. The number of likely N-dealkylation sites (tertiary alicyclic amines) is 1. The van der Waals surface area contributed by atoms with Gasteiger partial charge in [0.15, 0.2) is 16.9 Å². The van der Waals surface area contributed by atoms with Crippen molar-refractivity contribution in [1.82, 2.24) is 44.4 Å². The molecule has 0 radical (unpaired) electrons. The van der Waals surface area contributed by atoms with E-state index in [1.807, 2.05) is 36.4 Å². The fourth-order valence-corrected chi connectivity index (χ4v) is 22.0. The molecular weight excluding hydrogens is 1890 g/mol. The van der Waals surface area contributed by atoms with Gasteiger partial charge in [-0.1, -0.05) is 53.0 Å². The number of methoxy groups -OCH3 is 2. The van der Waals surface area contributed by atoms with E-state index in [0.29, 0.717) is 133 Å². The van der Waals surface area contributed by atoms with Crippen LogP contribution in [-0.2, 0) is 67.3 Å². The Labute approximate surface area is 790 Å². The van der Waals surface area contributed by atoms with Gasteiger partial charge in [0, 0.05) is 153 Å². The lowest BCUT2D eigenvalue weighted by Crippen LogP contribution is -2.48. The third-order valence-corrected chi connectivity index (χ3v) is 30.4. The first kappa shape index (κ1) is 94.9. The SMILES string of the molecule is COc1ccc(OC)c(CCNC2CCN(c3ccc(S(=O)(=O)Nc4nccs4)cc3)C2=O)c1.N#Cc1cccc2c1CCN2[C@@H]1CCN(c2ccc(S(=O)(=O)Nc3nccs3)cc2)C1=O.O=C(COc1ccc(F)c(Cl)c1)N1CCC(c2ccc(S(=O)(=O)Nc3ncns3)cc2)CC1.O=C(c1ccc(Cl)cc1Cl)N1CCN(c2ccc(S(=O)(=O)Nc3ncccn3)cc2)CC1.[HH].[HH].[HH].[HH].[HH]. The van der Waals surface area contributed by atoms with Gasteiger partial charge in [0.2, 0.25) is 22.9 Å². The molecule has 12 aromatic rings. The summed E-state index contributed by atoms with van der Waals surface area (Å²) in [5.74, 6) is 1.21. The summed E-state index contributed by atoms with van der Waals surface area (Å²) in [5, 5.41) is 17.6. The van der Waals surface area contributed by atoms with Gasteiger partial charge in [0.1, 0.15) is 35.4 Å². The predicted octanol–water partition coefficient (Wildman–Crippen LogP) is 14.6. The topological polar surface area (TPSA) is 413 Å². The molecule has 5 N–H and O–H groups in total. The Morgan fingerprint density at radius 1 is 0.557 bits per heavy atom. The summed E-state index contributed by atoms with van der Waals surface area (Å²) in [6.07, 6.45) is 11.5. The maximum Gasteiger partial charge on any atom is 0.264 e. The van der Waals surface area contributed by atoms with Crippen molar-refractivity contribution in [2.45, 2.75) is 76.1 Å². The first-order valence-corrected chi connectivity index (χ1v) is 50.2. The number of carbonyl (C=O) groups is 4. The molecule has 33 nitrogen and oxygen atoms in total. The zero-order valence-corrected chi connectivity index (χ0v) is 77.8. The highest BCUT2D eigenvalue weighted by Gasteiger charge is 2.41. The zero-order valence-electron chi connectivity index (χ0n) is 69.8. The Hall–Kier alpha value is -12.2. The molecule has 17 rings (SSSR count). The molecule has 0 aliphatic carbocycles. The van der Waals surface area contributed by atoms with Gasteiger partial charge in [-0.15, -0.1) is 22.7 Å². The van der Waals surface area contributed by atoms with Gasteiger partial charge in [-0.25, -0.2) is 67.7 Å². The Morgan fingerprint density at radius 3 is 1.70 bits per heavy atom. The van der Waals surface area contributed by atoms with E-state index in [1.165, 1.54) is 108 Å². The number of hydrogen-bond donors (Lipinski definition) is 5. The van der Waals surface area contributed by atoms with Crippen molar-refractivity contribution in [3.63, 3.8) is 0 Å². The molecule has 692 valence electrons. The normalized spacial score (nSPS) is 15.8. The number of fused-ring (bicyclic) bond motifs is 1. The van der Waals surface area contributed by atoms with Crippen molar-refractivity contribution in [3.8, 4) is 23.3 Å². The minimum atomic E-state index is -3.79. The smallest absolute Gasteiger partial charge is 0.264 e. The van der Waals surface area contributed by atoms with Crippen LogP contribution in [0.25, 0.3) is 0 Å². The molecule has 8 aromatic carbocycles. The number of nitrogens with one attached hydrogen (secondary N) is 5. The molecular formula is C87H94Cl3FN18O15S7. The first-order chi connectivity index (χ1) is 63.0.